The molecule has 1 aromatic rings. The molecular weight excluding hydrogens is 448 g/mol. The van der Waals surface area contributed by atoms with Gasteiger partial charge < -0.3 is 20.1 Å². The van der Waals surface area contributed by atoms with E-state index in [1.54, 1.807) is 20.0 Å². The third kappa shape index (κ3) is 8.64. The number of rotatable bonds is 8. The maximum absolute atomic E-state index is 13.3. The fourth-order valence-electron chi connectivity index (χ4n) is 2.77. The molecule has 2 N–H and O–H groups in total. The molecule has 1 aliphatic rings. The molecule has 0 bridgehead atoms. The number of hydrogen-bond donors (Lipinski definition) is 2. The van der Waals surface area contributed by atoms with Crippen LogP contribution in [-0.4, -0.2) is 46.0 Å². The van der Waals surface area contributed by atoms with Crippen LogP contribution in [0.3, 0.4) is 0 Å². The van der Waals surface area contributed by atoms with Crippen molar-refractivity contribution in [2.45, 2.75) is 32.7 Å². The Hall–Kier alpha value is -0.930. The Morgan fingerprint density at radius 2 is 2.08 bits per heavy atom. The van der Waals surface area contributed by atoms with E-state index in [2.05, 4.69) is 15.6 Å². The molecule has 1 saturated heterocycles. The average Bonchev–Trinajstić information content (AvgIpc) is 2.64. The summed E-state index contributed by atoms with van der Waals surface area (Å²) in [4.78, 5) is 4.20. The molecule has 0 atom stereocenters. The Labute approximate surface area is 173 Å². The van der Waals surface area contributed by atoms with Gasteiger partial charge in [0.25, 0.3) is 0 Å². The van der Waals surface area contributed by atoms with Crippen LogP contribution in [-0.2, 0) is 16.0 Å². The number of aliphatic imine (C=N–C) groups is 1. The van der Waals surface area contributed by atoms with Crippen molar-refractivity contribution in [2.24, 2.45) is 10.9 Å². The first-order chi connectivity index (χ1) is 12.2. The summed E-state index contributed by atoms with van der Waals surface area (Å²) >= 11 is 0. The highest BCUT2D eigenvalue weighted by atomic mass is 127. The number of guanidine groups is 1. The minimum absolute atomic E-state index is 0. The number of nitrogens with zero attached hydrogens (tertiary/aromatic N) is 1. The van der Waals surface area contributed by atoms with Gasteiger partial charge in [-0.25, -0.2) is 4.39 Å². The van der Waals surface area contributed by atoms with E-state index < -0.39 is 0 Å². The van der Waals surface area contributed by atoms with Gasteiger partial charge in [0.05, 0.1) is 0 Å². The van der Waals surface area contributed by atoms with Gasteiger partial charge in [-0.2, -0.15) is 0 Å². The Morgan fingerprint density at radius 3 is 2.77 bits per heavy atom. The minimum Gasteiger partial charge on any atom is -0.381 e. The highest BCUT2D eigenvalue weighted by Crippen LogP contribution is 2.14. The first kappa shape index (κ1) is 23.1. The van der Waals surface area contributed by atoms with Crippen LogP contribution in [0.15, 0.2) is 23.2 Å². The Kier molecular flexibility index (Phi) is 11.8. The van der Waals surface area contributed by atoms with Gasteiger partial charge in [0.15, 0.2) is 5.96 Å². The van der Waals surface area contributed by atoms with Crippen LogP contribution >= 0.6 is 24.0 Å². The van der Waals surface area contributed by atoms with Gasteiger partial charge in [-0.15, -0.1) is 24.0 Å². The summed E-state index contributed by atoms with van der Waals surface area (Å²) in [6, 6.07) is 5.13. The van der Waals surface area contributed by atoms with Gasteiger partial charge in [0.2, 0.25) is 0 Å². The van der Waals surface area contributed by atoms with Crippen molar-refractivity contribution in [2.75, 3.05) is 40.0 Å². The molecule has 0 aliphatic carbocycles. The highest BCUT2D eigenvalue weighted by Gasteiger charge is 2.13. The molecule has 1 aliphatic heterocycles. The van der Waals surface area contributed by atoms with E-state index in [1.807, 2.05) is 6.07 Å². The monoisotopic (exact) mass is 479 g/mol. The lowest BCUT2D eigenvalue weighted by atomic mass is 10.0. The van der Waals surface area contributed by atoms with E-state index in [0.717, 1.165) is 63.8 Å². The molecule has 0 unspecified atom stereocenters. The van der Waals surface area contributed by atoms with Crippen LogP contribution < -0.4 is 10.6 Å². The summed E-state index contributed by atoms with van der Waals surface area (Å²) in [6.07, 6.45) is 3.15. The van der Waals surface area contributed by atoms with Gasteiger partial charge in [0, 0.05) is 46.6 Å². The predicted molar refractivity (Wildman–Crippen MR) is 114 cm³/mol. The van der Waals surface area contributed by atoms with Crippen molar-refractivity contribution < 1.29 is 13.9 Å². The average molecular weight is 479 g/mol. The van der Waals surface area contributed by atoms with Crippen molar-refractivity contribution in [1.82, 2.24) is 10.6 Å². The number of benzene rings is 1. The third-order valence-corrected chi connectivity index (χ3v) is 4.36. The fraction of sp³-hybridized carbons (Fsp3) is 0.632. The van der Waals surface area contributed by atoms with Crippen LogP contribution in [0.2, 0.25) is 0 Å². The lowest BCUT2D eigenvalue weighted by Crippen LogP contribution is -2.37. The van der Waals surface area contributed by atoms with E-state index in [1.165, 1.54) is 6.07 Å². The number of hydrogen-bond acceptors (Lipinski definition) is 3. The van der Waals surface area contributed by atoms with Crippen LogP contribution in [0.4, 0.5) is 4.39 Å². The van der Waals surface area contributed by atoms with Crippen LogP contribution in [0.1, 0.15) is 30.4 Å². The Morgan fingerprint density at radius 1 is 1.31 bits per heavy atom. The molecule has 148 valence electrons. The number of ether oxygens (including phenoxy) is 2. The maximum atomic E-state index is 13.3. The zero-order valence-electron chi connectivity index (χ0n) is 15.7. The fourth-order valence-corrected chi connectivity index (χ4v) is 2.77. The molecule has 0 aromatic heterocycles. The third-order valence-electron chi connectivity index (χ3n) is 4.36. The van der Waals surface area contributed by atoms with E-state index in [0.29, 0.717) is 18.0 Å². The molecule has 1 fully saturated rings. The van der Waals surface area contributed by atoms with Crippen LogP contribution in [0, 0.1) is 18.7 Å². The van der Waals surface area contributed by atoms with Crippen molar-refractivity contribution >= 4 is 29.9 Å². The molecular formula is C19H31FIN3O2. The number of aryl methyl sites for hydroxylation is 1. The molecule has 1 heterocycles. The summed E-state index contributed by atoms with van der Waals surface area (Å²) in [7, 11) is 1.74. The molecule has 26 heavy (non-hydrogen) atoms. The smallest absolute Gasteiger partial charge is 0.191 e. The van der Waals surface area contributed by atoms with Gasteiger partial charge in [0.1, 0.15) is 5.82 Å². The molecule has 5 nitrogen and oxygen atoms in total. The van der Waals surface area contributed by atoms with Crippen molar-refractivity contribution in [3.63, 3.8) is 0 Å². The number of halogens is 2. The van der Waals surface area contributed by atoms with Gasteiger partial charge in [-0.1, -0.05) is 12.1 Å². The number of nitrogens with one attached hydrogen (secondary N) is 2. The Balaban J connectivity index is 0.00000338. The van der Waals surface area contributed by atoms with Crippen LogP contribution in [0.5, 0.6) is 0 Å². The van der Waals surface area contributed by atoms with Gasteiger partial charge in [-0.3, -0.25) is 4.99 Å². The summed E-state index contributed by atoms with van der Waals surface area (Å²) < 4.78 is 24.4. The zero-order valence-corrected chi connectivity index (χ0v) is 18.1. The lowest BCUT2D eigenvalue weighted by Gasteiger charge is -2.21. The van der Waals surface area contributed by atoms with Crippen molar-refractivity contribution in [3.8, 4) is 0 Å². The molecule has 0 spiro atoms. The summed E-state index contributed by atoms with van der Waals surface area (Å²) in [5.41, 5.74) is 1.69. The zero-order chi connectivity index (χ0) is 17.9. The Bertz CT molecular complexity index is 552. The summed E-state index contributed by atoms with van der Waals surface area (Å²) in [6.45, 7) is 6.50. The quantitative estimate of drug-likeness (QED) is 0.260. The first-order valence-electron chi connectivity index (χ1n) is 9.04. The molecule has 7 heteroatoms. The molecule has 0 amide bonds. The van der Waals surface area contributed by atoms with E-state index >= 15 is 0 Å². The van der Waals surface area contributed by atoms with Crippen LogP contribution in [0.25, 0.3) is 0 Å². The van der Waals surface area contributed by atoms with E-state index in [-0.39, 0.29) is 29.8 Å². The normalized spacial score (nSPS) is 15.4. The summed E-state index contributed by atoms with van der Waals surface area (Å²) in [5.74, 6) is 1.22. The molecule has 0 saturated carbocycles. The summed E-state index contributed by atoms with van der Waals surface area (Å²) in [5, 5.41) is 6.51. The second kappa shape index (κ2) is 13.3. The highest BCUT2D eigenvalue weighted by molar-refractivity contribution is 14.0. The topological polar surface area (TPSA) is 54.9 Å². The standard InChI is InChI=1S/C19H30FN3O2.HI/c1-15-12-17(4-5-18(15)20)13-23-19(21-2)22-8-3-9-25-14-16-6-10-24-11-7-16;/h4-5,12,16H,3,6-11,13-14H2,1-2H3,(H2,21,22,23);1H. The van der Waals surface area contributed by atoms with Crippen molar-refractivity contribution in [1.29, 1.82) is 0 Å². The lowest BCUT2D eigenvalue weighted by molar-refractivity contribution is 0.0203. The molecule has 2 rings (SSSR count). The van der Waals surface area contributed by atoms with Gasteiger partial charge >= 0.3 is 0 Å². The van der Waals surface area contributed by atoms with Crippen molar-refractivity contribution in [3.05, 3.63) is 35.1 Å². The predicted octanol–water partition coefficient (Wildman–Crippen LogP) is 3.25. The second-order valence-electron chi connectivity index (χ2n) is 6.42. The van der Waals surface area contributed by atoms with E-state index in [4.69, 9.17) is 9.47 Å². The maximum Gasteiger partial charge on any atom is 0.191 e. The molecule has 1 aromatic carbocycles. The van der Waals surface area contributed by atoms with E-state index in [9.17, 15) is 4.39 Å². The second-order valence-corrected chi connectivity index (χ2v) is 6.42. The first-order valence-corrected chi connectivity index (χ1v) is 9.04. The largest absolute Gasteiger partial charge is 0.381 e. The minimum atomic E-state index is -0.174. The SMILES string of the molecule is CN=C(NCCCOCC1CCOCC1)NCc1ccc(F)c(C)c1.I. The molecule has 0 radical (unpaired) electrons. The van der Waals surface area contributed by atoms with Gasteiger partial charge in [-0.05, 0) is 49.3 Å².